The summed E-state index contributed by atoms with van der Waals surface area (Å²) in [5, 5.41) is 9.30. The molecule has 1 N–H and O–H groups in total. The number of aromatic nitrogens is 1. The molecule has 0 radical (unpaired) electrons. The van der Waals surface area contributed by atoms with Gasteiger partial charge in [-0.3, -0.25) is 9.78 Å². The van der Waals surface area contributed by atoms with Gasteiger partial charge in [0.25, 0.3) is 0 Å². The fourth-order valence-electron chi connectivity index (χ4n) is 1.50. The van der Waals surface area contributed by atoms with Crippen LogP contribution in [0.1, 0.15) is 6.99 Å². The van der Waals surface area contributed by atoms with Gasteiger partial charge in [0.15, 0.2) is 0 Å². The third-order valence-electron chi connectivity index (χ3n) is 2.10. The molecule has 0 amide bonds. The van der Waals surface area contributed by atoms with Crippen molar-refractivity contribution in [2.24, 2.45) is 0 Å². The van der Waals surface area contributed by atoms with Crippen molar-refractivity contribution in [3.05, 3.63) is 41.8 Å². The lowest BCUT2D eigenvalue weighted by atomic mass is 10.1. The molecule has 1 heterocycles. The number of pyridine rings is 1. The van der Waals surface area contributed by atoms with Crippen LogP contribution in [0.15, 0.2) is 30.5 Å². The molecule has 0 saturated heterocycles. The van der Waals surface area contributed by atoms with E-state index in [-0.39, 0.29) is 20.3 Å². The minimum absolute atomic E-state index is 0. The van der Waals surface area contributed by atoms with E-state index in [1.807, 2.05) is 0 Å². The molecule has 0 spiro atoms. The molecule has 0 fully saturated rings. The number of hydrogen-bond acceptors (Lipinski definition) is 2. The lowest BCUT2D eigenvalue weighted by molar-refractivity contribution is -0.136. The minimum atomic E-state index is -0.923. The van der Waals surface area contributed by atoms with Crippen molar-refractivity contribution in [3.8, 4) is 0 Å². The van der Waals surface area contributed by atoms with E-state index in [1.165, 1.54) is 6.07 Å². The van der Waals surface area contributed by atoms with Crippen molar-refractivity contribution < 1.29 is 28.1 Å². The van der Waals surface area contributed by atoms with Gasteiger partial charge in [0, 0.05) is 5.39 Å². The van der Waals surface area contributed by atoms with Gasteiger partial charge in [-0.1, -0.05) is 18.2 Å². The molecule has 1 aromatic heterocycles. The lowest BCUT2D eigenvalue weighted by Crippen LogP contribution is -3.00. The molecular weight excluding hydrogens is 233 g/mol. The van der Waals surface area contributed by atoms with E-state index in [2.05, 4.69) is 4.98 Å². The van der Waals surface area contributed by atoms with Crippen molar-refractivity contribution in [3.63, 3.8) is 0 Å². The van der Waals surface area contributed by atoms with Gasteiger partial charge in [0.1, 0.15) is 5.82 Å². The minimum Gasteiger partial charge on any atom is -1.00 e. The second-order valence-corrected chi connectivity index (χ2v) is 3.21. The van der Waals surface area contributed by atoms with Gasteiger partial charge in [-0.15, -0.1) is 0 Å². The third kappa shape index (κ3) is 2.46. The Morgan fingerprint density at radius 1 is 1.50 bits per heavy atom. The van der Waals surface area contributed by atoms with Gasteiger partial charge in [-0.05, 0) is 11.6 Å². The van der Waals surface area contributed by atoms with Crippen LogP contribution in [0.2, 0.25) is 0 Å². The van der Waals surface area contributed by atoms with Crippen LogP contribution >= 0.6 is 0 Å². The molecular formula is C11H9ClFNO2. The molecule has 0 unspecified atom stereocenters. The normalized spacial score (nSPS) is 9.81. The first kappa shape index (κ1) is 12.4. The highest BCUT2D eigenvalue weighted by molar-refractivity contribution is 5.85. The molecule has 0 aliphatic carbocycles. The van der Waals surface area contributed by atoms with Gasteiger partial charge in [-0.2, -0.15) is 0 Å². The number of nitrogens with zero attached hydrogens (tertiary/aromatic N) is 1. The summed E-state index contributed by atoms with van der Waals surface area (Å²) in [7, 11) is 0. The van der Waals surface area contributed by atoms with Crippen LogP contribution in [-0.4, -0.2) is 16.1 Å². The Balaban J connectivity index is 0.00000128. The van der Waals surface area contributed by atoms with Crippen molar-refractivity contribution in [1.29, 1.82) is 0 Å². The van der Waals surface area contributed by atoms with Crippen molar-refractivity contribution >= 4 is 16.9 Å². The smallest absolute Gasteiger partial charge is 1.00 e. The maximum atomic E-state index is 12.9. The summed E-state index contributed by atoms with van der Waals surface area (Å²) < 4.78 is 12.9. The molecule has 0 bridgehead atoms. The second-order valence-electron chi connectivity index (χ2n) is 3.21. The Kier molecular flexibility index (Phi) is 3.79. The summed E-state index contributed by atoms with van der Waals surface area (Å²) >= 11 is 0. The van der Waals surface area contributed by atoms with Crippen LogP contribution < -0.4 is 12.4 Å². The third-order valence-corrected chi connectivity index (χ3v) is 2.10. The van der Waals surface area contributed by atoms with Gasteiger partial charge in [0.05, 0.1) is 18.1 Å². The lowest BCUT2D eigenvalue weighted by Gasteiger charge is -2.02. The predicted octanol–water partition coefficient (Wildman–Crippen LogP) is -0.883. The predicted molar refractivity (Wildman–Crippen MR) is 54.2 cm³/mol. The monoisotopic (exact) mass is 241 g/mol. The van der Waals surface area contributed by atoms with Crippen LogP contribution in [0.5, 0.6) is 0 Å². The second kappa shape index (κ2) is 4.90. The highest BCUT2D eigenvalue weighted by Crippen LogP contribution is 2.17. The molecule has 0 saturated carbocycles. The number of fused-ring (bicyclic) bond motifs is 1. The van der Waals surface area contributed by atoms with E-state index >= 15 is 0 Å². The Labute approximate surface area is 98.8 Å². The largest absolute Gasteiger partial charge is 1.00 e. The van der Waals surface area contributed by atoms with Crippen molar-refractivity contribution in [2.75, 3.05) is 0 Å². The van der Waals surface area contributed by atoms with Gasteiger partial charge >= 0.3 is 7.40 Å². The van der Waals surface area contributed by atoms with E-state index in [0.717, 1.165) is 6.20 Å². The molecule has 84 valence electrons. The van der Waals surface area contributed by atoms with E-state index in [9.17, 15) is 9.18 Å². The quantitative estimate of drug-likeness (QED) is 0.743. The summed E-state index contributed by atoms with van der Waals surface area (Å²) in [4.78, 5) is 14.5. The number of benzene rings is 1. The average molecular weight is 242 g/mol. The number of carboxylic acid groups (broad SMARTS) is 1. The fraction of sp³-hybridized carbons (Fsp3) is 0.0909. The summed E-state index contributed by atoms with van der Waals surface area (Å²) in [6, 6.07) is 6.42. The summed E-state index contributed by atoms with van der Waals surface area (Å²) in [6.45, 7) is 0. The number of carboxylic acids is 1. The van der Waals surface area contributed by atoms with Crippen LogP contribution in [0.4, 0.5) is 4.39 Å². The average Bonchev–Trinajstić information content (AvgIpc) is 2.16. The molecule has 1 aromatic carbocycles. The molecule has 16 heavy (non-hydrogen) atoms. The maximum absolute atomic E-state index is 12.9. The van der Waals surface area contributed by atoms with Crippen LogP contribution in [-0.2, 0) is 11.2 Å². The van der Waals surface area contributed by atoms with Gasteiger partial charge in [-0.25, -0.2) is 4.39 Å². The molecule has 2 rings (SSSR count). The number of rotatable bonds is 2. The highest BCUT2D eigenvalue weighted by Gasteiger charge is 2.06. The zero-order valence-corrected chi connectivity index (χ0v) is 8.91. The standard InChI is InChI=1S/C11H8FNO2.ClH/c12-9-4-7-2-1-3-8(5-10(14)15)11(7)13-6-9;/h1-4,6H,5H2,(H,14,15);1H. The van der Waals surface area contributed by atoms with Gasteiger partial charge in [0.2, 0.25) is 0 Å². The zero-order valence-electron chi connectivity index (χ0n) is 9.15. The summed E-state index contributed by atoms with van der Waals surface area (Å²) in [5.41, 5.74) is 1.14. The molecule has 3 nitrogen and oxygen atoms in total. The topological polar surface area (TPSA) is 50.2 Å². The number of halogens is 2. The highest BCUT2D eigenvalue weighted by atomic mass is 35.5. The molecule has 5 heteroatoms. The summed E-state index contributed by atoms with van der Waals surface area (Å²) in [5.74, 6) is -1.34. The number of para-hydroxylation sites is 1. The Morgan fingerprint density at radius 3 is 2.94 bits per heavy atom. The van der Waals surface area contributed by atoms with Crippen molar-refractivity contribution in [1.82, 2.24) is 4.98 Å². The van der Waals surface area contributed by atoms with Crippen LogP contribution in [0.3, 0.4) is 0 Å². The zero-order chi connectivity index (χ0) is 10.8. The van der Waals surface area contributed by atoms with Crippen LogP contribution in [0, 0.1) is 5.82 Å². The molecule has 0 atom stereocenters. The van der Waals surface area contributed by atoms with Crippen LogP contribution in [0.25, 0.3) is 10.9 Å². The number of aliphatic carboxylic acids is 1. The number of carbonyl (C=O) groups is 1. The van der Waals surface area contributed by atoms with E-state index < -0.39 is 11.8 Å². The fourth-order valence-corrected chi connectivity index (χ4v) is 1.50. The first-order chi connectivity index (χ1) is 7.16. The van der Waals surface area contributed by atoms with E-state index in [4.69, 9.17) is 5.11 Å². The SMILES string of the molecule is O=C(O)Cc1cccc2cc(F)cnc12.[Cl-].[H+]. The Hall–Kier alpha value is -1.68. The summed E-state index contributed by atoms with van der Waals surface area (Å²) in [6.07, 6.45) is 0.990. The maximum Gasteiger partial charge on any atom is 1.00 e. The molecule has 2 aromatic rings. The first-order valence-electron chi connectivity index (χ1n) is 4.42. The number of hydrogen-bond donors (Lipinski definition) is 1. The van der Waals surface area contributed by atoms with E-state index in [0.29, 0.717) is 16.5 Å². The Morgan fingerprint density at radius 2 is 2.25 bits per heavy atom. The van der Waals surface area contributed by atoms with Crippen molar-refractivity contribution in [2.45, 2.75) is 6.42 Å². The van der Waals surface area contributed by atoms with Gasteiger partial charge < -0.3 is 17.5 Å². The molecule has 0 aliphatic rings. The Bertz CT molecular complexity index is 536. The first-order valence-corrected chi connectivity index (χ1v) is 4.42. The van der Waals surface area contributed by atoms with E-state index in [1.54, 1.807) is 18.2 Å². The molecule has 0 aliphatic heterocycles.